The smallest absolute Gasteiger partial charge is 0.303 e. The zero-order chi connectivity index (χ0) is 27.3. The molecule has 1 aliphatic heterocycles. The number of carbonyl (C=O) groups is 2. The van der Waals surface area contributed by atoms with Gasteiger partial charge in [0.25, 0.3) is 5.91 Å². The van der Waals surface area contributed by atoms with Crippen LogP contribution in [0.15, 0.2) is 87.9 Å². The van der Waals surface area contributed by atoms with Crippen molar-refractivity contribution in [3.63, 3.8) is 0 Å². The molecule has 0 radical (unpaired) electrons. The fourth-order valence-corrected chi connectivity index (χ4v) is 3.69. The quantitative estimate of drug-likeness (QED) is 0.139. The first-order valence-corrected chi connectivity index (χ1v) is 13.2. The summed E-state index contributed by atoms with van der Waals surface area (Å²) in [6.07, 6.45) is 17.8. The number of likely N-dealkylation sites (tertiary alicyclic amines) is 1. The summed E-state index contributed by atoms with van der Waals surface area (Å²) in [5.41, 5.74) is 2.92. The first-order valence-electron chi connectivity index (χ1n) is 13.2. The Morgan fingerprint density at radius 3 is 2.41 bits per heavy atom. The lowest BCUT2D eigenvalue weighted by Crippen LogP contribution is -2.50. The molecule has 1 N–H and O–H groups in total. The van der Waals surface area contributed by atoms with Crippen LogP contribution < -0.4 is 0 Å². The van der Waals surface area contributed by atoms with Crippen LogP contribution in [0.3, 0.4) is 0 Å². The van der Waals surface area contributed by atoms with Crippen molar-refractivity contribution in [2.75, 3.05) is 26.2 Å². The Bertz CT molecular complexity index is 982. The number of aliphatic imine (C=N–C) groups is 2. The first kappa shape index (κ1) is 31.5. The molecule has 1 aromatic rings. The van der Waals surface area contributed by atoms with Crippen molar-refractivity contribution in [3.05, 3.63) is 83.5 Å². The highest BCUT2D eigenvalue weighted by atomic mass is 16.4. The Labute approximate surface area is 222 Å². The Balaban J connectivity index is 0.00000334. The van der Waals surface area contributed by atoms with E-state index in [1.807, 2.05) is 99.7 Å². The highest BCUT2D eigenvalue weighted by Gasteiger charge is 2.32. The first-order chi connectivity index (χ1) is 18.0. The number of amides is 1. The maximum atomic E-state index is 13.1. The van der Waals surface area contributed by atoms with Crippen LogP contribution in [0.2, 0.25) is 0 Å². The Morgan fingerprint density at radius 2 is 1.76 bits per heavy atom. The van der Waals surface area contributed by atoms with Gasteiger partial charge in [-0.05, 0) is 50.5 Å². The predicted octanol–water partition coefficient (Wildman–Crippen LogP) is 6.31. The monoisotopic (exact) mass is 505 g/mol. The minimum atomic E-state index is -0.770. The number of aliphatic carboxylic acids is 1. The maximum Gasteiger partial charge on any atom is 0.303 e. The third-order valence-electron chi connectivity index (χ3n) is 5.65. The Morgan fingerprint density at radius 1 is 1.03 bits per heavy atom. The molecule has 1 heterocycles. The van der Waals surface area contributed by atoms with Crippen LogP contribution in [0.4, 0.5) is 0 Å². The topological polar surface area (TPSA) is 82.3 Å². The van der Waals surface area contributed by atoms with Gasteiger partial charge in [-0.2, -0.15) is 0 Å². The minimum Gasteiger partial charge on any atom is -0.481 e. The number of carboxylic acids is 1. The van der Waals surface area contributed by atoms with Crippen LogP contribution in [0.25, 0.3) is 0 Å². The Kier molecular flexibility index (Phi) is 16.7. The van der Waals surface area contributed by atoms with Crippen molar-refractivity contribution in [1.82, 2.24) is 4.90 Å². The lowest BCUT2D eigenvalue weighted by atomic mass is 9.90. The number of allylic oxidation sites excluding steroid dienone is 3. The van der Waals surface area contributed by atoms with Gasteiger partial charge in [-0.25, -0.2) is 0 Å². The lowest BCUT2D eigenvalue weighted by molar-refractivity contribution is -0.137. The third kappa shape index (κ3) is 12.8. The summed E-state index contributed by atoms with van der Waals surface area (Å²) in [6.45, 7) is 10.4. The zero-order valence-corrected chi connectivity index (χ0v) is 22.8. The van der Waals surface area contributed by atoms with Crippen molar-refractivity contribution in [3.8, 4) is 0 Å². The summed E-state index contributed by atoms with van der Waals surface area (Å²) in [5, 5.41) is 8.69. The number of carboxylic acid groups (broad SMARTS) is 1. The van der Waals surface area contributed by atoms with E-state index in [0.29, 0.717) is 44.1 Å². The van der Waals surface area contributed by atoms with Gasteiger partial charge in [0.1, 0.15) is 0 Å². The molecule has 0 saturated carbocycles. The van der Waals surface area contributed by atoms with E-state index in [0.717, 1.165) is 18.4 Å². The van der Waals surface area contributed by atoms with Crippen LogP contribution in [0, 0.1) is 5.92 Å². The molecule has 1 aliphatic rings. The van der Waals surface area contributed by atoms with Gasteiger partial charge < -0.3 is 10.0 Å². The van der Waals surface area contributed by atoms with Crippen LogP contribution in [0.1, 0.15) is 58.9 Å². The van der Waals surface area contributed by atoms with Gasteiger partial charge in [-0.15, -0.1) is 0 Å². The van der Waals surface area contributed by atoms with E-state index in [-0.39, 0.29) is 12.3 Å². The number of rotatable bonds is 14. The molecule has 0 aliphatic carbocycles. The third-order valence-corrected chi connectivity index (χ3v) is 5.65. The number of hydrogen-bond donors (Lipinski definition) is 1. The summed E-state index contributed by atoms with van der Waals surface area (Å²) in [4.78, 5) is 34.4. The van der Waals surface area contributed by atoms with E-state index >= 15 is 0 Å². The SMILES string of the molecule is C/C=C\C(=C/C)C1CN(C(=O)C(/C=C\CN=Cc2ccccc2)=C/CN=CCCCCC(=O)O)C1.CC. The summed E-state index contributed by atoms with van der Waals surface area (Å²) in [6, 6.07) is 9.90. The molecule has 0 spiro atoms. The second-order valence-corrected chi connectivity index (χ2v) is 8.35. The van der Waals surface area contributed by atoms with Gasteiger partial charge in [-0.3, -0.25) is 19.6 Å². The minimum absolute atomic E-state index is 0.0112. The van der Waals surface area contributed by atoms with E-state index in [2.05, 4.69) is 22.1 Å². The molecule has 1 saturated heterocycles. The van der Waals surface area contributed by atoms with Crippen molar-refractivity contribution < 1.29 is 14.7 Å². The van der Waals surface area contributed by atoms with Crippen LogP contribution >= 0.6 is 0 Å². The maximum absolute atomic E-state index is 13.1. The van der Waals surface area contributed by atoms with Gasteiger partial charge in [0.2, 0.25) is 0 Å². The van der Waals surface area contributed by atoms with Crippen LogP contribution in [0.5, 0.6) is 0 Å². The molecule has 0 atom stereocenters. The van der Waals surface area contributed by atoms with Gasteiger partial charge in [-0.1, -0.05) is 80.6 Å². The molecular weight excluding hydrogens is 462 g/mol. The van der Waals surface area contributed by atoms with E-state index in [1.165, 1.54) is 5.57 Å². The lowest BCUT2D eigenvalue weighted by Gasteiger charge is -2.40. The molecule has 6 nitrogen and oxygen atoms in total. The van der Waals surface area contributed by atoms with Crippen LogP contribution in [-0.2, 0) is 9.59 Å². The molecule has 1 fully saturated rings. The number of unbranched alkanes of at least 4 members (excludes halogenated alkanes) is 2. The Hall–Kier alpha value is -3.54. The van der Waals surface area contributed by atoms with Crippen molar-refractivity contribution in [1.29, 1.82) is 0 Å². The molecule has 37 heavy (non-hydrogen) atoms. The number of benzene rings is 1. The molecule has 0 bridgehead atoms. The second-order valence-electron chi connectivity index (χ2n) is 8.35. The van der Waals surface area contributed by atoms with E-state index in [9.17, 15) is 9.59 Å². The largest absolute Gasteiger partial charge is 0.481 e. The average Bonchev–Trinajstić information content (AvgIpc) is 2.88. The van der Waals surface area contributed by atoms with Gasteiger partial charge in [0.05, 0.1) is 13.1 Å². The van der Waals surface area contributed by atoms with Gasteiger partial charge in [0, 0.05) is 37.2 Å². The van der Waals surface area contributed by atoms with E-state index in [1.54, 1.807) is 0 Å². The number of nitrogens with zero attached hydrogens (tertiary/aromatic N) is 3. The molecule has 1 aromatic carbocycles. The number of hydrogen-bond acceptors (Lipinski definition) is 4. The highest BCUT2D eigenvalue weighted by Crippen LogP contribution is 2.26. The molecular formula is C31H43N3O3. The van der Waals surface area contributed by atoms with Crippen LogP contribution in [-0.4, -0.2) is 60.5 Å². The molecule has 2 rings (SSSR count). The average molecular weight is 506 g/mol. The number of carbonyl (C=O) groups excluding carboxylic acids is 1. The molecule has 0 unspecified atom stereocenters. The standard InChI is InChI=1S/C29H37N3O3.C2H6/c1-3-12-25(4-2)27-22-32(23-27)29(35)26(17-20-30-18-10-6-9-16-28(33)34)15-11-19-31-21-24-13-7-5-8-14-24;1-2/h3-5,7-8,11-15,17-18,21,27H,6,9-10,16,19-20,22-23H2,1-2H3,(H,33,34);1-2H3/b12-3-,15-11-,25-4+,26-17+,30-18?,31-21?;. The molecule has 200 valence electrons. The predicted molar refractivity (Wildman–Crippen MR) is 156 cm³/mol. The van der Waals surface area contributed by atoms with Crippen molar-refractivity contribution in [2.24, 2.45) is 15.9 Å². The zero-order valence-electron chi connectivity index (χ0n) is 22.8. The summed E-state index contributed by atoms with van der Waals surface area (Å²) < 4.78 is 0. The van der Waals surface area contributed by atoms with Crippen molar-refractivity contribution >= 4 is 24.3 Å². The summed E-state index contributed by atoms with van der Waals surface area (Å²) >= 11 is 0. The normalized spacial score (nSPS) is 15.0. The van der Waals surface area contributed by atoms with E-state index < -0.39 is 5.97 Å². The molecule has 0 aromatic heterocycles. The highest BCUT2D eigenvalue weighted by molar-refractivity contribution is 5.96. The fourth-order valence-electron chi connectivity index (χ4n) is 3.69. The van der Waals surface area contributed by atoms with Gasteiger partial charge in [0.15, 0.2) is 0 Å². The van der Waals surface area contributed by atoms with E-state index in [4.69, 9.17) is 5.11 Å². The summed E-state index contributed by atoms with van der Waals surface area (Å²) in [7, 11) is 0. The van der Waals surface area contributed by atoms with Crippen molar-refractivity contribution in [2.45, 2.75) is 53.4 Å². The second kappa shape index (κ2) is 19.6. The molecule has 6 heteroatoms. The van der Waals surface area contributed by atoms with Gasteiger partial charge >= 0.3 is 5.97 Å². The fraction of sp³-hybridized carbons (Fsp3) is 0.419. The molecule has 1 amide bonds. The summed E-state index contributed by atoms with van der Waals surface area (Å²) in [5.74, 6) is -0.379.